The van der Waals surface area contributed by atoms with E-state index >= 15 is 0 Å². The van der Waals surface area contributed by atoms with Gasteiger partial charge in [-0.05, 0) is 13.8 Å². The van der Waals surface area contributed by atoms with E-state index in [-0.39, 0.29) is 40.3 Å². The van der Waals surface area contributed by atoms with Crippen LogP contribution in [-0.2, 0) is 9.57 Å². The number of hydrogen-bond acceptors (Lipinski definition) is 10. The first-order valence-corrected chi connectivity index (χ1v) is 9.87. The fraction of sp³-hybridized carbons (Fsp3) is 0.421. The van der Waals surface area contributed by atoms with Gasteiger partial charge in [-0.15, -0.1) is 5.06 Å². The van der Waals surface area contributed by atoms with E-state index in [0.29, 0.717) is 25.9 Å². The van der Waals surface area contributed by atoms with Gasteiger partial charge in [0.05, 0.1) is 18.0 Å². The molecule has 1 N–H and O–H groups in total. The van der Waals surface area contributed by atoms with Crippen LogP contribution >= 0.6 is 11.6 Å². The molecule has 164 valence electrons. The number of carbonyl (C=O) groups excluding carboxylic acids is 1. The second-order valence-corrected chi connectivity index (χ2v) is 7.27. The Morgan fingerprint density at radius 1 is 1.35 bits per heavy atom. The Morgan fingerprint density at radius 2 is 2.10 bits per heavy atom. The molecule has 0 amide bonds. The molecule has 3 rings (SSSR count). The Labute approximate surface area is 182 Å². The van der Waals surface area contributed by atoms with Crippen LogP contribution in [-0.4, -0.2) is 51.5 Å². The Balaban J connectivity index is 1.63. The van der Waals surface area contributed by atoms with E-state index in [0.717, 1.165) is 6.07 Å². The van der Waals surface area contributed by atoms with Gasteiger partial charge >= 0.3 is 6.16 Å². The Bertz CT molecular complexity index is 978. The van der Waals surface area contributed by atoms with Crippen molar-refractivity contribution in [1.29, 1.82) is 5.26 Å². The number of rotatable bonds is 6. The number of nitrogens with zero attached hydrogens (tertiary/aromatic N) is 5. The number of halogens is 2. The zero-order chi connectivity index (χ0) is 22.4. The van der Waals surface area contributed by atoms with E-state index in [4.69, 9.17) is 25.9 Å². The highest BCUT2D eigenvalue weighted by atomic mass is 35.5. The number of anilines is 2. The molecule has 0 aromatic carbocycles. The van der Waals surface area contributed by atoms with Crippen molar-refractivity contribution in [2.75, 3.05) is 18.4 Å². The number of aromatic nitrogens is 3. The minimum Gasteiger partial charge on any atom is -0.473 e. The molecule has 0 bridgehead atoms. The lowest BCUT2D eigenvalue weighted by molar-refractivity contribution is -0.151. The quantitative estimate of drug-likeness (QED) is 0.515. The summed E-state index contributed by atoms with van der Waals surface area (Å²) in [6.45, 7) is 4.32. The van der Waals surface area contributed by atoms with Crippen molar-refractivity contribution in [1.82, 2.24) is 20.0 Å². The molecular weight excluding hydrogens is 431 g/mol. The minimum atomic E-state index is -0.753. The second-order valence-electron chi connectivity index (χ2n) is 6.88. The van der Waals surface area contributed by atoms with Crippen molar-refractivity contribution >= 4 is 29.3 Å². The van der Waals surface area contributed by atoms with Gasteiger partial charge in [0.2, 0.25) is 5.88 Å². The number of piperidine rings is 1. The zero-order valence-corrected chi connectivity index (χ0v) is 17.6. The molecule has 3 heterocycles. The number of hydroxylamine groups is 2. The van der Waals surface area contributed by atoms with E-state index in [9.17, 15) is 14.4 Å². The molecule has 0 saturated carbocycles. The number of ether oxygens (including phenoxy) is 2. The number of carbonyl (C=O) groups is 1. The van der Waals surface area contributed by atoms with Gasteiger partial charge in [-0.25, -0.2) is 24.1 Å². The third-order valence-corrected chi connectivity index (χ3v) is 4.42. The van der Waals surface area contributed by atoms with E-state index < -0.39 is 12.0 Å². The maximum atomic E-state index is 14.0. The lowest BCUT2D eigenvalue weighted by Gasteiger charge is -2.30. The summed E-state index contributed by atoms with van der Waals surface area (Å²) in [5, 5.41) is 13.8. The normalized spacial score (nSPS) is 14.7. The molecule has 0 unspecified atom stereocenters. The van der Waals surface area contributed by atoms with Crippen LogP contribution in [0.25, 0.3) is 0 Å². The van der Waals surface area contributed by atoms with Crippen molar-refractivity contribution in [2.45, 2.75) is 38.9 Å². The molecule has 1 aliphatic rings. The van der Waals surface area contributed by atoms with Gasteiger partial charge in [0.15, 0.2) is 17.2 Å². The minimum absolute atomic E-state index is 0.00283. The molecule has 12 heteroatoms. The molecule has 2 aromatic heterocycles. The molecule has 0 spiro atoms. The summed E-state index contributed by atoms with van der Waals surface area (Å²) in [7, 11) is 0. The predicted molar refractivity (Wildman–Crippen MR) is 107 cm³/mol. The molecule has 10 nitrogen and oxygen atoms in total. The summed E-state index contributed by atoms with van der Waals surface area (Å²) in [5.41, 5.74) is 0.0281. The summed E-state index contributed by atoms with van der Waals surface area (Å²) in [6, 6.07) is 3.02. The fourth-order valence-electron chi connectivity index (χ4n) is 2.80. The smallest absolute Gasteiger partial charge is 0.473 e. The number of pyridine rings is 1. The van der Waals surface area contributed by atoms with E-state index in [1.165, 1.54) is 17.6 Å². The van der Waals surface area contributed by atoms with Crippen LogP contribution in [0.15, 0.2) is 18.6 Å². The average Bonchev–Trinajstić information content (AvgIpc) is 2.71. The molecule has 1 aliphatic heterocycles. The van der Waals surface area contributed by atoms with Crippen LogP contribution < -0.4 is 10.1 Å². The molecule has 1 saturated heterocycles. The van der Waals surface area contributed by atoms with Crippen molar-refractivity contribution in [3.05, 3.63) is 35.1 Å². The third kappa shape index (κ3) is 6.13. The van der Waals surface area contributed by atoms with Gasteiger partial charge in [0.1, 0.15) is 23.7 Å². The highest BCUT2D eigenvalue weighted by Gasteiger charge is 2.26. The van der Waals surface area contributed by atoms with E-state index in [2.05, 4.69) is 20.3 Å². The van der Waals surface area contributed by atoms with Gasteiger partial charge in [0, 0.05) is 32.0 Å². The molecule has 0 atom stereocenters. The number of nitriles is 1. The summed E-state index contributed by atoms with van der Waals surface area (Å²) in [4.78, 5) is 28.6. The SMILES string of the molecule is CC(C)OC(=O)ON1CCC(Oc2ncnc(Nc3cnc(Cl)cc3F)c2C#N)CC1. The molecule has 1 fully saturated rings. The number of nitrogens with one attached hydrogen (secondary N) is 1. The fourth-order valence-corrected chi connectivity index (χ4v) is 2.94. The Hall–Kier alpha value is -3.23. The topological polar surface area (TPSA) is 122 Å². The summed E-state index contributed by atoms with van der Waals surface area (Å²) >= 11 is 5.66. The van der Waals surface area contributed by atoms with Crippen molar-refractivity contribution < 1.29 is 23.5 Å². The largest absolute Gasteiger partial charge is 0.528 e. The highest BCUT2D eigenvalue weighted by molar-refractivity contribution is 6.29. The van der Waals surface area contributed by atoms with Gasteiger partial charge < -0.3 is 19.6 Å². The van der Waals surface area contributed by atoms with Crippen LogP contribution in [0.5, 0.6) is 5.88 Å². The van der Waals surface area contributed by atoms with Gasteiger partial charge in [-0.2, -0.15) is 5.26 Å². The first kappa shape index (κ1) is 22.5. The lowest BCUT2D eigenvalue weighted by atomic mass is 10.1. The van der Waals surface area contributed by atoms with E-state index in [1.54, 1.807) is 13.8 Å². The summed E-state index contributed by atoms with van der Waals surface area (Å²) in [6.07, 6.45) is 2.18. The highest BCUT2D eigenvalue weighted by Crippen LogP contribution is 2.28. The first-order chi connectivity index (χ1) is 14.9. The van der Waals surface area contributed by atoms with Crippen LogP contribution in [0.1, 0.15) is 32.3 Å². The summed E-state index contributed by atoms with van der Waals surface area (Å²) < 4.78 is 24.9. The zero-order valence-electron chi connectivity index (χ0n) is 16.8. The van der Waals surface area contributed by atoms with Crippen molar-refractivity contribution in [2.24, 2.45) is 0 Å². The van der Waals surface area contributed by atoms with Gasteiger partial charge in [0.25, 0.3) is 0 Å². The molecule has 0 aliphatic carbocycles. The maximum Gasteiger partial charge on any atom is 0.528 e. The van der Waals surface area contributed by atoms with Crippen LogP contribution in [0, 0.1) is 17.1 Å². The monoisotopic (exact) mass is 450 g/mol. The molecule has 0 radical (unpaired) electrons. The van der Waals surface area contributed by atoms with E-state index in [1.807, 2.05) is 6.07 Å². The maximum absolute atomic E-state index is 14.0. The van der Waals surface area contributed by atoms with Gasteiger partial charge in [-0.1, -0.05) is 11.6 Å². The van der Waals surface area contributed by atoms with Gasteiger partial charge in [-0.3, -0.25) is 0 Å². The first-order valence-electron chi connectivity index (χ1n) is 9.49. The van der Waals surface area contributed by atoms with Crippen molar-refractivity contribution in [3.63, 3.8) is 0 Å². The average molecular weight is 451 g/mol. The summed E-state index contributed by atoms with van der Waals surface area (Å²) in [5.74, 6) is -0.498. The Morgan fingerprint density at radius 3 is 2.74 bits per heavy atom. The van der Waals surface area contributed by atoms with Crippen LogP contribution in [0.4, 0.5) is 20.7 Å². The molecule has 31 heavy (non-hydrogen) atoms. The number of hydrogen-bond donors (Lipinski definition) is 1. The molecule has 2 aromatic rings. The van der Waals surface area contributed by atoms with Crippen LogP contribution in [0.3, 0.4) is 0 Å². The Kier molecular flexibility index (Phi) is 7.38. The predicted octanol–water partition coefficient (Wildman–Crippen LogP) is 3.60. The lowest BCUT2D eigenvalue weighted by Crippen LogP contribution is -2.40. The third-order valence-electron chi connectivity index (χ3n) is 4.21. The van der Waals surface area contributed by atoms with Crippen molar-refractivity contribution in [3.8, 4) is 11.9 Å². The van der Waals surface area contributed by atoms with Crippen LogP contribution in [0.2, 0.25) is 5.15 Å². The molecular formula is C19H20ClFN6O4. The second kappa shape index (κ2) is 10.2. The standard InChI is InChI=1S/C19H20ClFN6O4/c1-11(2)29-19(28)31-27-5-3-12(4-6-27)30-18-13(8-22)17(24-10-25-18)26-15-9-23-16(20)7-14(15)21/h7,9-12H,3-6H2,1-2H3,(H,24,25,26).